The molecule has 1 saturated heterocycles. The fourth-order valence-corrected chi connectivity index (χ4v) is 4.84. The van der Waals surface area contributed by atoms with E-state index >= 15 is 0 Å². The van der Waals surface area contributed by atoms with Crippen LogP contribution in [0.25, 0.3) is 5.70 Å². The van der Waals surface area contributed by atoms with Gasteiger partial charge in [-0.2, -0.15) is 4.98 Å². The number of imidazole rings is 1. The number of aromatic nitrogens is 4. The van der Waals surface area contributed by atoms with Gasteiger partial charge in [-0.05, 0) is 25.8 Å². The largest absolute Gasteiger partial charge is 0.499 e. The quantitative estimate of drug-likeness (QED) is 0.772. The van der Waals surface area contributed by atoms with Gasteiger partial charge in [0.25, 0.3) is 0 Å². The number of allylic oxidation sites excluding steroid dienone is 2. The smallest absolute Gasteiger partial charge is 0.249 e. The summed E-state index contributed by atoms with van der Waals surface area (Å²) in [6, 6.07) is -0.120. The highest BCUT2D eigenvalue weighted by Gasteiger charge is 2.39. The topological polar surface area (TPSA) is 88.4 Å². The van der Waals surface area contributed by atoms with Gasteiger partial charge in [0.15, 0.2) is 5.82 Å². The SMILES string of the molecule is CCN1C(=O)C2CCCCCN2c2nc(NC3C=CC(n4ccnc4)=C(OC)C3)ncc21. The van der Waals surface area contributed by atoms with Crippen LogP contribution in [0.1, 0.15) is 39.0 Å². The second-order valence-electron chi connectivity index (χ2n) is 8.34. The normalized spacial score (nSPS) is 23.0. The van der Waals surface area contributed by atoms with Crippen molar-refractivity contribution in [1.82, 2.24) is 19.5 Å². The van der Waals surface area contributed by atoms with Crippen molar-refractivity contribution in [2.75, 3.05) is 35.3 Å². The number of hydrogen-bond donors (Lipinski definition) is 1. The summed E-state index contributed by atoms with van der Waals surface area (Å²) in [5.41, 5.74) is 1.78. The van der Waals surface area contributed by atoms with E-state index in [0.717, 1.165) is 55.2 Å². The molecule has 0 saturated carbocycles. The highest BCUT2D eigenvalue weighted by atomic mass is 16.5. The standard InChI is InChI=1S/C23H29N7O2/c1-3-29-19-14-25-23(27-21(19)30-11-6-4-5-7-18(30)22(29)31)26-16-8-9-17(20(13-16)32-2)28-12-10-24-15-28/h8-10,12,14-16,18H,3-7,11,13H2,1-2H3,(H,25,26,27). The number of fused-ring (bicyclic) bond motifs is 3. The van der Waals surface area contributed by atoms with Gasteiger partial charge < -0.3 is 24.4 Å². The van der Waals surface area contributed by atoms with Gasteiger partial charge in [0.2, 0.25) is 11.9 Å². The molecule has 168 valence electrons. The minimum Gasteiger partial charge on any atom is -0.499 e. The molecule has 5 rings (SSSR count). The predicted octanol–water partition coefficient (Wildman–Crippen LogP) is 3.04. The fraction of sp³-hybridized carbons (Fsp3) is 0.478. The van der Waals surface area contributed by atoms with Crippen LogP contribution < -0.4 is 15.1 Å². The third kappa shape index (κ3) is 3.61. The lowest BCUT2D eigenvalue weighted by atomic mass is 10.0. The maximum absolute atomic E-state index is 13.1. The Hall–Kier alpha value is -3.36. The minimum absolute atomic E-state index is 0.00250. The predicted molar refractivity (Wildman–Crippen MR) is 123 cm³/mol. The van der Waals surface area contributed by atoms with Gasteiger partial charge in [0.1, 0.15) is 17.5 Å². The van der Waals surface area contributed by atoms with E-state index in [9.17, 15) is 4.79 Å². The Kier molecular flexibility index (Phi) is 5.55. The molecule has 0 aromatic carbocycles. The Balaban J connectivity index is 1.40. The fourth-order valence-electron chi connectivity index (χ4n) is 4.84. The zero-order valence-corrected chi connectivity index (χ0v) is 18.6. The maximum atomic E-state index is 13.1. The van der Waals surface area contributed by atoms with Gasteiger partial charge in [-0.3, -0.25) is 4.79 Å². The number of nitrogens with zero attached hydrogens (tertiary/aromatic N) is 6. The van der Waals surface area contributed by atoms with Gasteiger partial charge in [-0.25, -0.2) is 9.97 Å². The van der Waals surface area contributed by atoms with Gasteiger partial charge in [0, 0.05) is 31.9 Å². The highest BCUT2D eigenvalue weighted by Crippen LogP contribution is 2.37. The van der Waals surface area contributed by atoms with E-state index in [4.69, 9.17) is 9.72 Å². The molecule has 1 fully saturated rings. The molecule has 2 aromatic heterocycles. The van der Waals surface area contributed by atoms with E-state index in [1.807, 2.05) is 28.7 Å². The van der Waals surface area contributed by atoms with Crippen molar-refractivity contribution in [3.63, 3.8) is 0 Å². The molecule has 0 bridgehead atoms. The second kappa shape index (κ2) is 8.64. The molecule has 1 aliphatic carbocycles. The van der Waals surface area contributed by atoms with E-state index in [1.54, 1.807) is 25.8 Å². The number of likely N-dealkylation sites (N-methyl/N-ethyl adjacent to an activating group) is 1. The van der Waals surface area contributed by atoms with E-state index in [2.05, 4.69) is 26.3 Å². The van der Waals surface area contributed by atoms with Crippen LogP contribution in [-0.2, 0) is 9.53 Å². The summed E-state index contributed by atoms with van der Waals surface area (Å²) in [6.07, 6.45) is 16.2. The first-order chi connectivity index (χ1) is 15.7. The molecular weight excluding hydrogens is 406 g/mol. The molecule has 2 unspecified atom stereocenters. The lowest BCUT2D eigenvalue weighted by Gasteiger charge is -2.40. The van der Waals surface area contributed by atoms with Gasteiger partial charge >= 0.3 is 0 Å². The lowest BCUT2D eigenvalue weighted by Crippen LogP contribution is -2.53. The number of amides is 1. The van der Waals surface area contributed by atoms with Crippen molar-refractivity contribution >= 4 is 29.1 Å². The van der Waals surface area contributed by atoms with E-state index in [1.165, 1.54) is 0 Å². The van der Waals surface area contributed by atoms with Gasteiger partial charge in [-0.15, -0.1) is 0 Å². The van der Waals surface area contributed by atoms with Crippen molar-refractivity contribution < 1.29 is 9.53 Å². The Morgan fingerprint density at radius 1 is 1.28 bits per heavy atom. The number of carbonyl (C=O) groups is 1. The van der Waals surface area contributed by atoms with Crippen molar-refractivity contribution in [2.24, 2.45) is 0 Å². The molecule has 3 aliphatic rings. The first-order valence-electron chi connectivity index (χ1n) is 11.3. The molecule has 4 heterocycles. The van der Waals surface area contributed by atoms with Crippen molar-refractivity contribution in [3.8, 4) is 0 Å². The molecule has 2 atom stereocenters. The zero-order valence-electron chi connectivity index (χ0n) is 18.6. The number of methoxy groups -OCH3 is 1. The van der Waals surface area contributed by atoms with Crippen LogP contribution in [0, 0.1) is 0 Å². The molecule has 9 heteroatoms. The van der Waals surface area contributed by atoms with E-state index < -0.39 is 0 Å². The van der Waals surface area contributed by atoms with Crippen LogP contribution >= 0.6 is 0 Å². The minimum atomic E-state index is -0.122. The molecular formula is C23H29N7O2. The van der Waals surface area contributed by atoms with Crippen molar-refractivity contribution in [2.45, 2.75) is 51.1 Å². The Morgan fingerprint density at radius 3 is 2.97 bits per heavy atom. The van der Waals surface area contributed by atoms with Crippen LogP contribution in [0.5, 0.6) is 0 Å². The summed E-state index contributed by atoms with van der Waals surface area (Å²) in [5, 5.41) is 3.44. The van der Waals surface area contributed by atoms with Gasteiger partial charge in [0.05, 0.1) is 31.4 Å². The van der Waals surface area contributed by atoms with Crippen LogP contribution in [0.2, 0.25) is 0 Å². The number of anilines is 3. The first-order valence-corrected chi connectivity index (χ1v) is 11.3. The Labute approximate surface area is 187 Å². The van der Waals surface area contributed by atoms with Crippen LogP contribution in [0.3, 0.4) is 0 Å². The molecule has 2 aliphatic heterocycles. The summed E-state index contributed by atoms with van der Waals surface area (Å²) < 4.78 is 7.60. The summed E-state index contributed by atoms with van der Waals surface area (Å²) in [4.78, 5) is 30.7. The first kappa shape index (κ1) is 20.5. The zero-order chi connectivity index (χ0) is 22.1. The number of hydrogen-bond acceptors (Lipinski definition) is 7. The number of ether oxygens (including phenoxy) is 1. The van der Waals surface area contributed by atoms with Crippen molar-refractivity contribution in [1.29, 1.82) is 0 Å². The van der Waals surface area contributed by atoms with Crippen LogP contribution in [0.15, 0.2) is 42.8 Å². The average molecular weight is 436 g/mol. The number of rotatable bonds is 5. The monoisotopic (exact) mass is 435 g/mol. The molecule has 0 radical (unpaired) electrons. The third-order valence-electron chi connectivity index (χ3n) is 6.45. The summed E-state index contributed by atoms with van der Waals surface area (Å²) in [7, 11) is 1.69. The second-order valence-corrected chi connectivity index (χ2v) is 8.34. The summed E-state index contributed by atoms with van der Waals surface area (Å²) in [6.45, 7) is 3.48. The Morgan fingerprint density at radius 2 is 2.19 bits per heavy atom. The Bertz CT molecular complexity index is 1050. The average Bonchev–Trinajstić information content (AvgIpc) is 3.23. The molecule has 2 aromatic rings. The van der Waals surface area contributed by atoms with E-state index in [0.29, 0.717) is 18.9 Å². The number of carbonyl (C=O) groups excluding carboxylic acids is 1. The third-order valence-corrected chi connectivity index (χ3v) is 6.45. The van der Waals surface area contributed by atoms with E-state index in [-0.39, 0.29) is 18.0 Å². The van der Waals surface area contributed by atoms with Crippen LogP contribution in [-0.4, -0.2) is 57.7 Å². The van der Waals surface area contributed by atoms with Crippen LogP contribution in [0.4, 0.5) is 17.5 Å². The summed E-state index contributed by atoms with van der Waals surface area (Å²) >= 11 is 0. The molecule has 9 nitrogen and oxygen atoms in total. The highest BCUT2D eigenvalue weighted by molar-refractivity contribution is 6.04. The number of nitrogens with one attached hydrogen (secondary N) is 1. The molecule has 1 N–H and O–H groups in total. The van der Waals surface area contributed by atoms with Gasteiger partial charge in [-0.1, -0.05) is 18.9 Å². The summed E-state index contributed by atoms with van der Waals surface area (Å²) in [5.74, 6) is 2.46. The van der Waals surface area contributed by atoms with Crippen molar-refractivity contribution in [3.05, 3.63) is 42.8 Å². The lowest BCUT2D eigenvalue weighted by molar-refractivity contribution is -0.120. The molecule has 0 spiro atoms. The molecule has 1 amide bonds. The maximum Gasteiger partial charge on any atom is 0.249 e. The molecule has 32 heavy (non-hydrogen) atoms.